The Labute approximate surface area is 341 Å². The van der Waals surface area contributed by atoms with Crippen molar-refractivity contribution in [1.82, 2.24) is 34.1 Å². The number of pyridine rings is 1. The number of rotatable bonds is 8. The van der Waals surface area contributed by atoms with Crippen molar-refractivity contribution < 1.29 is 36.3 Å². The lowest BCUT2D eigenvalue weighted by Gasteiger charge is -2.36. The summed E-state index contributed by atoms with van der Waals surface area (Å²) < 4.78 is 72.5. The predicted molar refractivity (Wildman–Crippen MR) is 212 cm³/mol. The molecule has 1 saturated carbocycles. The molecule has 12 nitrogen and oxygen atoms in total. The highest BCUT2D eigenvalue weighted by atomic mass is 19.4. The summed E-state index contributed by atoms with van der Waals surface area (Å²) in [5.41, 5.74) is -0.502. The number of piperidine rings is 2. The number of fused-ring (bicyclic) bond motifs is 2. The number of likely N-dealkylation sites (tertiary alicyclic amines) is 1. The van der Waals surface area contributed by atoms with Gasteiger partial charge in [-0.2, -0.15) is 18.3 Å². The van der Waals surface area contributed by atoms with E-state index in [0.29, 0.717) is 33.8 Å². The summed E-state index contributed by atoms with van der Waals surface area (Å²) in [6.45, 7) is 2.95. The number of carbonyl (C=O) groups is 3. The van der Waals surface area contributed by atoms with Gasteiger partial charge in [0.05, 0.1) is 33.8 Å². The number of carbonyl (C=O) groups excluding carboxylic acids is 3. The normalized spacial score (nSPS) is 20.7. The number of imidazole rings is 1. The van der Waals surface area contributed by atoms with Crippen LogP contribution in [0.4, 0.5) is 27.6 Å². The van der Waals surface area contributed by atoms with Crippen molar-refractivity contribution in [1.29, 1.82) is 0 Å². The number of anilines is 1. The molecule has 60 heavy (non-hydrogen) atoms. The molecular weight excluding hydrogens is 788 g/mol. The van der Waals surface area contributed by atoms with Crippen molar-refractivity contribution in [2.75, 3.05) is 25.0 Å². The lowest BCUT2D eigenvalue weighted by atomic mass is 9.85. The number of hydrogen-bond donors (Lipinski definition) is 2. The summed E-state index contributed by atoms with van der Waals surface area (Å²) in [4.78, 5) is 56.2. The molecule has 0 spiro atoms. The zero-order valence-corrected chi connectivity index (χ0v) is 32.8. The monoisotopic (exact) mass is 830 g/mol. The van der Waals surface area contributed by atoms with Gasteiger partial charge in [0, 0.05) is 43.6 Å². The van der Waals surface area contributed by atoms with Crippen LogP contribution in [0, 0.1) is 23.7 Å². The topological polar surface area (TPSA) is 136 Å². The first-order chi connectivity index (χ1) is 28.7. The first kappa shape index (κ1) is 40.9. The molecule has 2 aromatic carbocycles. The van der Waals surface area contributed by atoms with Gasteiger partial charge in [0.1, 0.15) is 17.4 Å². The molecular formula is C43H43F5N8O4. The maximum Gasteiger partial charge on any atom is 0.433 e. The molecule has 1 unspecified atom stereocenters. The van der Waals surface area contributed by atoms with Crippen molar-refractivity contribution in [3.63, 3.8) is 0 Å². The Kier molecular flexibility index (Phi) is 11.3. The van der Waals surface area contributed by atoms with Gasteiger partial charge in [0.2, 0.25) is 11.8 Å². The second-order valence-electron chi connectivity index (χ2n) is 16.0. The van der Waals surface area contributed by atoms with Crippen molar-refractivity contribution in [3.05, 3.63) is 87.7 Å². The highest BCUT2D eigenvalue weighted by molar-refractivity contribution is 6.04. The van der Waals surface area contributed by atoms with Gasteiger partial charge in [0.25, 0.3) is 12.3 Å². The van der Waals surface area contributed by atoms with Crippen LogP contribution >= 0.6 is 0 Å². The van der Waals surface area contributed by atoms with Crippen LogP contribution in [0.15, 0.2) is 59.5 Å². The highest BCUT2D eigenvalue weighted by Gasteiger charge is 2.34. The summed E-state index contributed by atoms with van der Waals surface area (Å²) in [5.74, 6) is 5.76. The maximum atomic E-state index is 14.1. The van der Waals surface area contributed by atoms with E-state index in [0.717, 1.165) is 88.3 Å². The van der Waals surface area contributed by atoms with Crippen LogP contribution in [0.2, 0.25) is 0 Å². The minimum Gasteiger partial charge on any atom is -0.320 e. The van der Waals surface area contributed by atoms with Gasteiger partial charge < -0.3 is 10.2 Å². The van der Waals surface area contributed by atoms with Crippen LogP contribution < -0.4 is 16.3 Å². The van der Waals surface area contributed by atoms with Gasteiger partial charge in [-0.25, -0.2) is 18.6 Å². The first-order valence-electron chi connectivity index (χ1n) is 20.1. The standard InChI is InChI=1S/C43H43F5N8O4/c1-53-38-27(7-3-9-34(38)56(42(53)60)35-15-16-37(57)51-41(35)59)6-2-5-25-17-19-54(20-18-25)23-26-11-13-29(14-12-26)55-24-28-21-33(30(39(44)45)22-32(28)52-55)50-40(58)31-8-4-10-36(49-31)43(46,47)48/h3-4,7-10,21-22,24-26,29,35,39H,5,11-20,23H2,1H3,(H,50,58)(H,51,57,59). The Balaban J connectivity index is 0.838. The molecule has 0 radical (unpaired) electrons. The fourth-order valence-electron chi connectivity index (χ4n) is 8.88. The Bertz CT molecular complexity index is 2590. The largest absolute Gasteiger partial charge is 0.433 e. The molecule has 3 aromatic heterocycles. The average Bonchev–Trinajstić information content (AvgIpc) is 3.75. The van der Waals surface area contributed by atoms with Gasteiger partial charge in [-0.05, 0) is 106 Å². The van der Waals surface area contributed by atoms with E-state index in [4.69, 9.17) is 0 Å². The molecule has 314 valence electrons. The van der Waals surface area contributed by atoms with Crippen LogP contribution in [0.1, 0.15) is 104 Å². The quantitative estimate of drug-likeness (QED) is 0.0963. The molecule has 3 aliphatic rings. The van der Waals surface area contributed by atoms with E-state index in [1.165, 1.54) is 21.3 Å². The van der Waals surface area contributed by atoms with Crippen molar-refractivity contribution in [2.24, 2.45) is 18.9 Å². The molecule has 2 aliphatic heterocycles. The van der Waals surface area contributed by atoms with Gasteiger partial charge >= 0.3 is 11.9 Å². The Morgan fingerprint density at radius 3 is 2.43 bits per heavy atom. The summed E-state index contributed by atoms with van der Waals surface area (Å²) in [7, 11) is 1.67. The Morgan fingerprint density at radius 2 is 1.72 bits per heavy atom. The van der Waals surface area contributed by atoms with E-state index in [1.807, 2.05) is 12.1 Å². The predicted octanol–water partition coefficient (Wildman–Crippen LogP) is 7.16. The third-order valence-electron chi connectivity index (χ3n) is 12.1. The molecule has 2 saturated heterocycles. The van der Waals surface area contributed by atoms with Crippen LogP contribution in [-0.4, -0.2) is 66.2 Å². The number of amides is 3. The fraction of sp³-hybridized carbons (Fsp3) is 0.442. The van der Waals surface area contributed by atoms with E-state index in [9.17, 15) is 41.1 Å². The highest BCUT2D eigenvalue weighted by Crippen LogP contribution is 2.37. The smallest absolute Gasteiger partial charge is 0.320 e. The molecule has 5 heterocycles. The van der Waals surface area contributed by atoms with Crippen LogP contribution in [-0.2, 0) is 22.8 Å². The number of nitrogens with one attached hydrogen (secondary N) is 2. The molecule has 3 amide bonds. The second-order valence-corrected chi connectivity index (χ2v) is 16.0. The zero-order chi connectivity index (χ0) is 42.3. The summed E-state index contributed by atoms with van der Waals surface area (Å²) in [5, 5.41) is 9.80. The molecule has 5 aromatic rings. The molecule has 0 bridgehead atoms. The van der Waals surface area contributed by atoms with Gasteiger partial charge in [-0.3, -0.25) is 33.5 Å². The summed E-state index contributed by atoms with van der Waals surface area (Å²) >= 11 is 0. The Morgan fingerprint density at radius 1 is 0.967 bits per heavy atom. The molecule has 2 N–H and O–H groups in total. The lowest BCUT2D eigenvalue weighted by Crippen LogP contribution is -2.44. The molecule has 1 aliphatic carbocycles. The minimum atomic E-state index is -4.77. The fourth-order valence-corrected chi connectivity index (χ4v) is 8.88. The number of aromatic nitrogens is 5. The number of para-hydroxylation sites is 1. The summed E-state index contributed by atoms with van der Waals surface area (Å²) in [6, 6.07) is 10.3. The lowest BCUT2D eigenvalue weighted by molar-refractivity contribution is -0.141. The maximum absolute atomic E-state index is 14.1. The molecule has 8 rings (SSSR count). The van der Waals surface area contributed by atoms with Crippen LogP contribution in [0.3, 0.4) is 0 Å². The Hall–Kier alpha value is -5.89. The number of alkyl halides is 5. The van der Waals surface area contributed by atoms with Crippen LogP contribution in [0.25, 0.3) is 21.9 Å². The molecule has 3 fully saturated rings. The third-order valence-corrected chi connectivity index (χ3v) is 12.1. The van der Waals surface area contributed by atoms with Crippen molar-refractivity contribution in [2.45, 2.75) is 82.5 Å². The number of halogens is 5. The second kappa shape index (κ2) is 16.6. The van der Waals surface area contributed by atoms with E-state index in [1.54, 1.807) is 24.0 Å². The third kappa shape index (κ3) is 8.43. The summed E-state index contributed by atoms with van der Waals surface area (Å²) in [6.07, 6.45) is 0.957. The zero-order valence-electron chi connectivity index (χ0n) is 32.8. The number of benzene rings is 2. The van der Waals surface area contributed by atoms with Gasteiger partial charge in [0.15, 0.2) is 0 Å². The first-order valence-corrected chi connectivity index (χ1v) is 20.1. The van der Waals surface area contributed by atoms with E-state index < -0.39 is 47.4 Å². The van der Waals surface area contributed by atoms with Gasteiger partial charge in [-0.15, -0.1) is 0 Å². The number of aryl methyl sites for hydroxylation is 1. The van der Waals surface area contributed by atoms with Gasteiger partial charge in [-0.1, -0.05) is 24.0 Å². The number of nitrogens with zero attached hydrogens (tertiary/aromatic N) is 6. The molecule has 1 atom stereocenters. The van der Waals surface area contributed by atoms with Crippen molar-refractivity contribution in [3.8, 4) is 11.8 Å². The number of imide groups is 1. The number of hydrogen-bond acceptors (Lipinski definition) is 7. The van der Waals surface area contributed by atoms with Crippen molar-refractivity contribution >= 4 is 45.3 Å². The van der Waals surface area contributed by atoms with E-state index >= 15 is 0 Å². The molecule has 17 heteroatoms. The van der Waals surface area contributed by atoms with E-state index in [-0.39, 0.29) is 36.2 Å². The van der Waals surface area contributed by atoms with E-state index in [2.05, 4.69) is 37.5 Å². The average molecular weight is 831 g/mol. The SMILES string of the molecule is Cn1c(=O)n(C2CCC(=O)NC2=O)c2cccc(C#CCC3CCN(CC4CCC(n5cc6cc(NC(=O)c7cccc(C(F)(F)F)n7)c(C(F)F)cc6n5)CC4)CC3)c21. The van der Waals surface area contributed by atoms with Crippen LogP contribution in [0.5, 0.6) is 0 Å². The minimum absolute atomic E-state index is 0.0737.